The van der Waals surface area contributed by atoms with Crippen LogP contribution in [0.1, 0.15) is 33.2 Å². The molecule has 4 aromatic rings. The molecule has 1 unspecified atom stereocenters. The van der Waals surface area contributed by atoms with Crippen molar-refractivity contribution in [2.75, 3.05) is 17.7 Å². The number of phenols is 1. The van der Waals surface area contributed by atoms with Gasteiger partial charge in [-0.2, -0.15) is 0 Å². The number of nitrogens with two attached hydrogens (primary N) is 1. The first-order chi connectivity index (χ1) is 21.1. The topological polar surface area (TPSA) is 160 Å². The molecule has 224 valence electrons. The van der Waals surface area contributed by atoms with Gasteiger partial charge in [-0.25, -0.2) is 0 Å². The van der Waals surface area contributed by atoms with Gasteiger partial charge in [0.05, 0.1) is 23.6 Å². The second-order valence-corrected chi connectivity index (χ2v) is 10.9. The minimum Gasteiger partial charge on any atom is -0.508 e. The number of benzene rings is 4. The Bertz CT molecular complexity index is 1720. The smallest absolute Gasteiger partial charge is 0.272 e. The normalized spacial score (nSPS) is 11.6. The molecule has 0 saturated heterocycles. The summed E-state index contributed by atoms with van der Waals surface area (Å²) in [7, 11) is 1.43. The highest BCUT2D eigenvalue weighted by molar-refractivity contribution is 8.00. The number of para-hydroxylation sites is 1. The molecule has 11 heteroatoms. The third kappa shape index (κ3) is 8.26. The average molecular weight is 611 g/mol. The molecule has 4 amide bonds. The van der Waals surface area contributed by atoms with Crippen molar-refractivity contribution < 1.29 is 29.0 Å². The number of nitrogens with one attached hydrogen (secondary N) is 3. The predicted octanol–water partition coefficient (Wildman–Crippen LogP) is 5.03. The van der Waals surface area contributed by atoms with E-state index in [9.17, 15) is 24.3 Å². The van der Waals surface area contributed by atoms with E-state index in [1.54, 1.807) is 85.8 Å². The molecule has 4 aromatic carbocycles. The standard InChI is InChI=1S/C33H30N4O6S/c1-20(31(40)36-27-14-7-6-13-26(27)30(34)39)44-25-12-8-11-23(18-25)35-33(42)28(37-32(41)21-9-4-3-5-10-21)17-22-15-16-24(38)19-29(22)43-2/h3-20,38H,1-2H3,(H2,34,39)(H,35,42)(H,36,40)(H,37,41)/b28-17+. The van der Waals surface area contributed by atoms with Crippen molar-refractivity contribution in [3.8, 4) is 11.5 Å². The van der Waals surface area contributed by atoms with E-state index < -0.39 is 23.0 Å². The first kappa shape index (κ1) is 31.4. The van der Waals surface area contributed by atoms with E-state index >= 15 is 0 Å². The van der Waals surface area contributed by atoms with Crippen LogP contribution in [0.2, 0.25) is 0 Å². The Hall–Kier alpha value is -5.55. The van der Waals surface area contributed by atoms with Crippen molar-refractivity contribution >= 4 is 52.8 Å². The van der Waals surface area contributed by atoms with Crippen LogP contribution in [0.25, 0.3) is 6.08 Å². The summed E-state index contributed by atoms with van der Waals surface area (Å²) in [4.78, 5) is 51.7. The molecule has 0 aromatic heterocycles. The lowest BCUT2D eigenvalue weighted by molar-refractivity contribution is -0.115. The number of primary amides is 1. The summed E-state index contributed by atoms with van der Waals surface area (Å²) in [6, 6.07) is 26.2. The van der Waals surface area contributed by atoms with Crippen molar-refractivity contribution in [3.63, 3.8) is 0 Å². The Balaban J connectivity index is 1.52. The molecule has 0 saturated carbocycles. The second kappa shape index (κ2) is 14.6. The SMILES string of the molecule is COc1cc(O)ccc1/C=C(/NC(=O)c1ccccc1)C(=O)Nc1cccc(SC(C)C(=O)Nc2ccccc2C(N)=O)c1. The van der Waals surface area contributed by atoms with Gasteiger partial charge in [0.25, 0.3) is 17.7 Å². The maximum Gasteiger partial charge on any atom is 0.272 e. The molecule has 0 heterocycles. The average Bonchev–Trinajstić information content (AvgIpc) is 3.02. The van der Waals surface area contributed by atoms with Crippen LogP contribution in [0.15, 0.2) is 108 Å². The number of ether oxygens (including phenoxy) is 1. The molecule has 6 N–H and O–H groups in total. The Kier molecular flexibility index (Phi) is 10.4. The summed E-state index contributed by atoms with van der Waals surface area (Å²) in [5.41, 5.74) is 7.10. The molecule has 0 aliphatic carbocycles. The number of hydrogen-bond donors (Lipinski definition) is 5. The van der Waals surface area contributed by atoms with E-state index in [0.717, 1.165) is 0 Å². The Morgan fingerprint density at radius 3 is 2.34 bits per heavy atom. The molecule has 10 nitrogen and oxygen atoms in total. The van der Waals surface area contributed by atoms with Gasteiger partial charge in [-0.3, -0.25) is 19.2 Å². The van der Waals surface area contributed by atoms with Crippen LogP contribution < -0.4 is 26.4 Å². The number of carbonyl (C=O) groups excluding carboxylic acids is 4. The third-order valence-electron chi connectivity index (χ3n) is 6.27. The molecule has 44 heavy (non-hydrogen) atoms. The van der Waals surface area contributed by atoms with Gasteiger partial charge in [-0.15, -0.1) is 11.8 Å². The first-order valence-corrected chi connectivity index (χ1v) is 14.3. The minimum absolute atomic E-state index is 0.0207. The fourth-order valence-corrected chi connectivity index (χ4v) is 4.99. The molecule has 0 radical (unpaired) electrons. The van der Waals surface area contributed by atoms with Gasteiger partial charge in [0.2, 0.25) is 5.91 Å². The third-order valence-corrected chi connectivity index (χ3v) is 7.36. The predicted molar refractivity (Wildman–Crippen MR) is 171 cm³/mol. The highest BCUT2D eigenvalue weighted by Gasteiger charge is 2.19. The number of amides is 4. The van der Waals surface area contributed by atoms with Crippen molar-refractivity contribution in [3.05, 3.63) is 119 Å². The highest BCUT2D eigenvalue weighted by atomic mass is 32.2. The molecular weight excluding hydrogens is 580 g/mol. The quantitative estimate of drug-likeness (QED) is 0.118. The maximum absolute atomic E-state index is 13.5. The Labute approximate surface area is 258 Å². The fraction of sp³-hybridized carbons (Fsp3) is 0.0909. The molecular formula is C33H30N4O6S. The summed E-state index contributed by atoms with van der Waals surface area (Å²) >= 11 is 1.25. The van der Waals surface area contributed by atoms with Gasteiger partial charge in [0.15, 0.2) is 0 Å². The van der Waals surface area contributed by atoms with E-state index in [-0.39, 0.29) is 22.9 Å². The Morgan fingerprint density at radius 1 is 0.886 bits per heavy atom. The molecule has 0 fully saturated rings. The van der Waals surface area contributed by atoms with Gasteiger partial charge in [0, 0.05) is 27.8 Å². The zero-order valence-corrected chi connectivity index (χ0v) is 24.7. The number of rotatable bonds is 11. The first-order valence-electron chi connectivity index (χ1n) is 13.4. The lowest BCUT2D eigenvalue weighted by Gasteiger charge is -2.15. The zero-order chi connectivity index (χ0) is 31.6. The molecule has 1 atom stereocenters. The summed E-state index contributed by atoms with van der Waals surface area (Å²) in [5, 5.41) is 17.5. The van der Waals surface area contributed by atoms with Crippen LogP contribution >= 0.6 is 11.8 Å². The summed E-state index contributed by atoms with van der Waals surface area (Å²) in [5.74, 6) is -1.81. The van der Waals surface area contributed by atoms with Crippen molar-refractivity contribution in [1.82, 2.24) is 5.32 Å². The lowest BCUT2D eigenvalue weighted by atomic mass is 10.1. The van der Waals surface area contributed by atoms with E-state index in [0.29, 0.717) is 33.1 Å². The molecule has 0 spiro atoms. The number of phenolic OH excluding ortho intramolecular Hbond substituents is 1. The van der Waals surface area contributed by atoms with E-state index in [2.05, 4.69) is 16.0 Å². The number of thioether (sulfide) groups is 1. The minimum atomic E-state index is -0.651. The number of aromatic hydroxyl groups is 1. The van der Waals surface area contributed by atoms with Gasteiger partial charge in [-0.1, -0.05) is 36.4 Å². The second-order valence-electron chi connectivity index (χ2n) is 9.45. The number of carbonyl (C=O) groups is 4. The highest BCUT2D eigenvalue weighted by Crippen LogP contribution is 2.28. The number of hydrogen-bond acceptors (Lipinski definition) is 7. The molecule has 0 aliphatic rings. The van der Waals surface area contributed by atoms with Crippen molar-refractivity contribution in [1.29, 1.82) is 0 Å². The molecule has 4 rings (SSSR count). The maximum atomic E-state index is 13.5. The Morgan fingerprint density at radius 2 is 1.61 bits per heavy atom. The summed E-state index contributed by atoms with van der Waals surface area (Å²) in [6.07, 6.45) is 1.45. The summed E-state index contributed by atoms with van der Waals surface area (Å²) < 4.78 is 5.33. The van der Waals surface area contributed by atoms with Crippen LogP contribution in [0.3, 0.4) is 0 Å². The van der Waals surface area contributed by atoms with Gasteiger partial charge in [-0.05, 0) is 67.6 Å². The van der Waals surface area contributed by atoms with Crippen molar-refractivity contribution in [2.24, 2.45) is 5.73 Å². The largest absolute Gasteiger partial charge is 0.508 e. The molecule has 0 aliphatic heterocycles. The van der Waals surface area contributed by atoms with Crippen LogP contribution in [-0.2, 0) is 9.59 Å². The molecule has 0 bridgehead atoms. The van der Waals surface area contributed by atoms with Gasteiger partial charge >= 0.3 is 0 Å². The van der Waals surface area contributed by atoms with Gasteiger partial charge < -0.3 is 31.5 Å². The number of anilines is 2. The monoisotopic (exact) mass is 610 g/mol. The van der Waals surface area contributed by atoms with Crippen LogP contribution in [0, 0.1) is 0 Å². The van der Waals surface area contributed by atoms with Crippen LogP contribution in [-0.4, -0.2) is 41.1 Å². The van der Waals surface area contributed by atoms with E-state index in [1.165, 1.54) is 43.1 Å². The van der Waals surface area contributed by atoms with Gasteiger partial charge in [0.1, 0.15) is 17.2 Å². The van der Waals surface area contributed by atoms with E-state index in [4.69, 9.17) is 10.5 Å². The summed E-state index contributed by atoms with van der Waals surface area (Å²) in [6.45, 7) is 1.71. The van der Waals surface area contributed by atoms with E-state index in [1.807, 2.05) is 0 Å². The number of methoxy groups -OCH3 is 1. The van der Waals surface area contributed by atoms with Crippen LogP contribution in [0.5, 0.6) is 11.5 Å². The van der Waals surface area contributed by atoms with Crippen LogP contribution in [0.4, 0.5) is 11.4 Å². The zero-order valence-electron chi connectivity index (χ0n) is 23.9. The van der Waals surface area contributed by atoms with Crippen molar-refractivity contribution in [2.45, 2.75) is 17.1 Å². The fourth-order valence-electron chi connectivity index (χ4n) is 4.06. The lowest BCUT2D eigenvalue weighted by Crippen LogP contribution is -2.30.